The maximum atomic E-state index is 5.40. The standard InChI is InChI=1S/C18H23N3O/c1-4-21(5-2)17-11-7-15(8-12-17)19-20-16-9-13-18(14-10-16)22-6-3/h7-14H,4-6H2,1-3H3. The molecule has 4 nitrogen and oxygen atoms in total. The molecule has 0 amide bonds. The third kappa shape index (κ3) is 4.32. The zero-order valence-corrected chi connectivity index (χ0v) is 13.5. The highest BCUT2D eigenvalue weighted by Gasteiger charge is 2.00. The largest absolute Gasteiger partial charge is 0.494 e. The van der Waals surface area contributed by atoms with Gasteiger partial charge in [0.15, 0.2) is 0 Å². The summed E-state index contributed by atoms with van der Waals surface area (Å²) in [6.07, 6.45) is 0. The smallest absolute Gasteiger partial charge is 0.119 e. The summed E-state index contributed by atoms with van der Waals surface area (Å²) in [5.41, 5.74) is 2.88. The van der Waals surface area contributed by atoms with Gasteiger partial charge in [-0.3, -0.25) is 0 Å². The van der Waals surface area contributed by atoms with E-state index in [4.69, 9.17) is 4.74 Å². The molecule has 0 aliphatic heterocycles. The summed E-state index contributed by atoms with van der Waals surface area (Å²) in [6.45, 7) is 8.95. The van der Waals surface area contributed by atoms with Crippen molar-refractivity contribution in [1.29, 1.82) is 0 Å². The Morgan fingerprint density at radius 3 is 1.73 bits per heavy atom. The Kier molecular flexibility index (Phi) is 5.95. The van der Waals surface area contributed by atoms with Crippen LogP contribution in [-0.2, 0) is 0 Å². The van der Waals surface area contributed by atoms with E-state index in [9.17, 15) is 0 Å². The average molecular weight is 297 g/mol. The van der Waals surface area contributed by atoms with Crippen molar-refractivity contribution in [2.45, 2.75) is 20.8 Å². The summed E-state index contributed by atoms with van der Waals surface area (Å²) < 4.78 is 5.40. The average Bonchev–Trinajstić information content (AvgIpc) is 2.57. The number of anilines is 1. The molecule has 0 unspecified atom stereocenters. The number of nitrogens with zero attached hydrogens (tertiary/aromatic N) is 3. The minimum atomic E-state index is 0.666. The number of benzene rings is 2. The molecule has 0 aliphatic rings. The number of azo groups is 1. The number of hydrogen-bond acceptors (Lipinski definition) is 4. The topological polar surface area (TPSA) is 37.2 Å². The number of ether oxygens (including phenoxy) is 1. The molecule has 2 aromatic rings. The van der Waals surface area contributed by atoms with E-state index in [0.29, 0.717) is 6.61 Å². The Morgan fingerprint density at radius 2 is 1.27 bits per heavy atom. The maximum absolute atomic E-state index is 5.40. The summed E-state index contributed by atoms with van der Waals surface area (Å²) in [5, 5.41) is 8.52. The fourth-order valence-corrected chi connectivity index (χ4v) is 2.21. The molecule has 0 radical (unpaired) electrons. The van der Waals surface area contributed by atoms with Crippen molar-refractivity contribution in [3.8, 4) is 5.75 Å². The van der Waals surface area contributed by atoms with E-state index >= 15 is 0 Å². The van der Waals surface area contributed by atoms with Crippen LogP contribution in [0.5, 0.6) is 5.75 Å². The van der Waals surface area contributed by atoms with Crippen molar-refractivity contribution >= 4 is 17.1 Å². The van der Waals surface area contributed by atoms with Gasteiger partial charge in [-0.15, -0.1) is 0 Å². The second kappa shape index (κ2) is 8.17. The molecule has 0 heterocycles. The van der Waals surface area contributed by atoms with Crippen molar-refractivity contribution in [3.63, 3.8) is 0 Å². The SMILES string of the molecule is CCOc1ccc(N=Nc2ccc(N(CC)CC)cc2)cc1. The molecule has 0 fully saturated rings. The number of hydrogen-bond donors (Lipinski definition) is 0. The molecule has 0 aromatic heterocycles. The zero-order chi connectivity index (χ0) is 15.8. The summed E-state index contributed by atoms with van der Waals surface area (Å²) in [7, 11) is 0. The molecule has 22 heavy (non-hydrogen) atoms. The van der Waals surface area contributed by atoms with Gasteiger partial charge >= 0.3 is 0 Å². The van der Waals surface area contributed by atoms with Crippen molar-refractivity contribution < 1.29 is 4.74 Å². The molecule has 2 aromatic carbocycles. The predicted molar refractivity (Wildman–Crippen MR) is 91.8 cm³/mol. The van der Waals surface area contributed by atoms with Crippen molar-refractivity contribution in [3.05, 3.63) is 48.5 Å². The van der Waals surface area contributed by atoms with Gasteiger partial charge in [-0.1, -0.05) is 0 Å². The van der Waals surface area contributed by atoms with Crippen LogP contribution in [0.25, 0.3) is 0 Å². The van der Waals surface area contributed by atoms with Crippen molar-refractivity contribution in [2.24, 2.45) is 10.2 Å². The van der Waals surface area contributed by atoms with Crippen LogP contribution in [0.3, 0.4) is 0 Å². The Bertz CT molecular complexity index is 587. The van der Waals surface area contributed by atoms with Gasteiger partial charge in [0.2, 0.25) is 0 Å². The Labute approximate surface area is 132 Å². The normalized spacial score (nSPS) is 10.9. The van der Waals surface area contributed by atoms with E-state index in [1.165, 1.54) is 5.69 Å². The quantitative estimate of drug-likeness (QED) is 0.646. The Balaban J connectivity index is 2.03. The Morgan fingerprint density at radius 1 is 0.773 bits per heavy atom. The van der Waals surface area contributed by atoms with E-state index < -0.39 is 0 Å². The van der Waals surface area contributed by atoms with Crippen LogP contribution >= 0.6 is 0 Å². The second-order valence-electron chi connectivity index (χ2n) is 4.82. The van der Waals surface area contributed by atoms with Crippen LogP contribution in [0.1, 0.15) is 20.8 Å². The summed E-state index contributed by atoms with van der Waals surface area (Å²) in [6, 6.07) is 15.8. The fraction of sp³-hybridized carbons (Fsp3) is 0.333. The lowest BCUT2D eigenvalue weighted by Gasteiger charge is -2.20. The molecule has 0 saturated heterocycles. The maximum Gasteiger partial charge on any atom is 0.119 e. The van der Waals surface area contributed by atoms with Crippen LogP contribution in [0.15, 0.2) is 58.8 Å². The first-order chi connectivity index (χ1) is 10.8. The van der Waals surface area contributed by atoms with E-state index in [0.717, 1.165) is 30.2 Å². The van der Waals surface area contributed by atoms with Crippen LogP contribution in [0, 0.1) is 0 Å². The molecule has 0 spiro atoms. The minimum Gasteiger partial charge on any atom is -0.494 e. The lowest BCUT2D eigenvalue weighted by molar-refractivity contribution is 0.340. The first-order valence-corrected chi connectivity index (χ1v) is 7.76. The summed E-state index contributed by atoms with van der Waals surface area (Å²) >= 11 is 0. The van der Waals surface area contributed by atoms with Gasteiger partial charge in [-0.2, -0.15) is 10.2 Å². The van der Waals surface area contributed by atoms with Crippen LogP contribution < -0.4 is 9.64 Å². The molecule has 0 bridgehead atoms. The second-order valence-corrected chi connectivity index (χ2v) is 4.82. The molecular weight excluding hydrogens is 274 g/mol. The van der Waals surface area contributed by atoms with Gasteiger partial charge in [0.1, 0.15) is 5.75 Å². The molecule has 4 heteroatoms. The predicted octanol–water partition coefficient (Wildman–Crippen LogP) is 5.35. The van der Waals surface area contributed by atoms with Crippen LogP contribution in [-0.4, -0.2) is 19.7 Å². The van der Waals surface area contributed by atoms with E-state index in [1.807, 2.05) is 43.3 Å². The number of rotatable bonds is 7. The summed E-state index contributed by atoms with van der Waals surface area (Å²) in [5.74, 6) is 0.852. The van der Waals surface area contributed by atoms with Gasteiger partial charge in [-0.25, -0.2) is 0 Å². The molecule has 2 rings (SSSR count). The van der Waals surface area contributed by atoms with E-state index in [2.05, 4.69) is 41.1 Å². The molecule has 0 aliphatic carbocycles. The van der Waals surface area contributed by atoms with Gasteiger partial charge in [-0.05, 0) is 69.3 Å². The summed E-state index contributed by atoms with van der Waals surface area (Å²) in [4.78, 5) is 2.30. The molecule has 0 saturated carbocycles. The first-order valence-electron chi connectivity index (χ1n) is 7.76. The molecule has 0 atom stereocenters. The molecule has 0 N–H and O–H groups in total. The minimum absolute atomic E-state index is 0.666. The monoisotopic (exact) mass is 297 g/mol. The third-order valence-electron chi connectivity index (χ3n) is 3.41. The zero-order valence-electron chi connectivity index (χ0n) is 13.5. The Hall–Kier alpha value is -2.36. The highest BCUT2D eigenvalue weighted by Crippen LogP contribution is 2.23. The van der Waals surface area contributed by atoms with Gasteiger partial charge in [0.05, 0.1) is 18.0 Å². The molecule has 116 valence electrons. The third-order valence-corrected chi connectivity index (χ3v) is 3.41. The first kappa shape index (κ1) is 16.0. The van der Waals surface area contributed by atoms with E-state index in [-0.39, 0.29) is 0 Å². The lowest BCUT2D eigenvalue weighted by atomic mass is 10.2. The highest BCUT2D eigenvalue weighted by molar-refractivity contribution is 5.52. The van der Waals surface area contributed by atoms with Crippen LogP contribution in [0.2, 0.25) is 0 Å². The fourth-order valence-electron chi connectivity index (χ4n) is 2.21. The van der Waals surface area contributed by atoms with Gasteiger partial charge in [0, 0.05) is 18.8 Å². The van der Waals surface area contributed by atoms with Crippen molar-refractivity contribution in [2.75, 3.05) is 24.6 Å². The van der Waals surface area contributed by atoms with Gasteiger partial charge in [0.25, 0.3) is 0 Å². The lowest BCUT2D eigenvalue weighted by Crippen LogP contribution is -2.21. The van der Waals surface area contributed by atoms with Crippen molar-refractivity contribution in [1.82, 2.24) is 0 Å². The highest BCUT2D eigenvalue weighted by atomic mass is 16.5. The van der Waals surface area contributed by atoms with Gasteiger partial charge < -0.3 is 9.64 Å². The molecular formula is C18H23N3O. The van der Waals surface area contributed by atoms with E-state index in [1.54, 1.807) is 0 Å². The van der Waals surface area contributed by atoms with Crippen LogP contribution in [0.4, 0.5) is 17.1 Å².